The van der Waals surface area contributed by atoms with Crippen LogP contribution in [0, 0.1) is 0 Å². The molecule has 0 aliphatic heterocycles. The van der Waals surface area contributed by atoms with Crippen LogP contribution in [0.5, 0.6) is 5.75 Å². The molecule has 0 bridgehead atoms. The van der Waals surface area contributed by atoms with Crippen molar-refractivity contribution >= 4 is 11.8 Å². The summed E-state index contributed by atoms with van der Waals surface area (Å²) in [5, 5.41) is 2.97. The molecule has 28 heavy (non-hydrogen) atoms. The van der Waals surface area contributed by atoms with Gasteiger partial charge in [-0.3, -0.25) is 9.59 Å². The number of nitrogens with one attached hydrogen (secondary N) is 1. The van der Waals surface area contributed by atoms with Gasteiger partial charge in [0.25, 0.3) is 0 Å². The Morgan fingerprint density at radius 1 is 1.04 bits per heavy atom. The van der Waals surface area contributed by atoms with Crippen LogP contribution in [0.3, 0.4) is 0 Å². The number of amides is 2. The minimum Gasteiger partial charge on any atom is -0.497 e. The Balaban J connectivity index is 2.25. The Morgan fingerprint density at radius 2 is 1.68 bits per heavy atom. The minimum absolute atomic E-state index is 0.0921. The van der Waals surface area contributed by atoms with E-state index in [0.29, 0.717) is 6.54 Å². The number of carbonyl (C=O) groups is 2. The number of nitrogens with zero attached hydrogens (tertiary/aromatic N) is 1. The van der Waals surface area contributed by atoms with Gasteiger partial charge in [-0.1, -0.05) is 42.5 Å². The number of ether oxygens (including phenoxy) is 1. The van der Waals surface area contributed by atoms with Crippen LogP contribution < -0.4 is 10.1 Å². The van der Waals surface area contributed by atoms with Gasteiger partial charge >= 0.3 is 0 Å². The van der Waals surface area contributed by atoms with Gasteiger partial charge in [-0.2, -0.15) is 0 Å². The molecule has 0 aromatic heterocycles. The first-order valence-corrected chi connectivity index (χ1v) is 9.48. The molecule has 0 spiro atoms. The van der Waals surface area contributed by atoms with Crippen molar-refractivity contribution < 1.29 is 14.3 Å². The third-order valence-corrected chi connectivity index (χ3v) is 4.35. The number of carbonyl (C=O) groups excluding carboxylic acids is 2. The second-order valence-corrected chi connectivity index (χ2v) is 7.95. The molecule has 1 unspecified atom stereocenters. The number of hydrogen-bond donors (Lipinski definition) is 1. The summed E-state index contributed by atoms with van der Waals surface area (Å²) in [5.41, 5.74) is 1.47. The Labute approximate surface area is 167 Å². The van der Waals surface area contributed by atoms with Gasteiger partial charge in [-0.25, -0.2) is 0 Å². The third kappa shape index (κ3) is 6.41. The Kier molecular flexibility index (Phi) is 7.21. The zero-order chi connectivity index (χ0) is 20.7. The molecule has 0 saturated carbocycles. The van der Waals surface area contributed by atoms with Crippen molar-refractivity contribution in [3.8, 4) is 5.75 Å². The predicted octanol–water partition coefficient (Wildman–Crippen LogP) is 3.57. The number of methoxy groups -OCH3 is 1. The number of hydrogen-bond acceptors (Lipinski definition) is 3. The average molecular weight is 383 g/mol. The first-order chi connectivity index (χ1) is 13.2. The summed E-state index contributed by atoms with van der Waals surface area (Å²) in [7, 11) is 1.61. The fourth-order valence-corrected chi connectivity index (χ4v) is 2.90. The van der Waals surface area contributed by atoms with E-state index >= 15 is 0 Å². The van der Waals surface area contributed by atoms with Gasteiger partial charge in [-0.15, -0.1) is 0 Å². The highest BCUT2D eigenvalue weighted by molar-refractivity contribution is 5.88. The second-order valence-electron chi connectivity index (χ2n) is 7.95. The predicted molar refractivity (Wildman–Crippen MR) is 111 cm³/mol. The molecule has 0 fully saturated rings. The molecule has 2 aromatic carbocycles. The van der Waals surface area contributed by atoms with E-state index < -0.39 is 6.04 Å². The van der Waals surface area contributed by atoms with Crippen molar-refractivity contribution in [2.24, 2.45) is 0 Å². The van der Waals surface area contributed by atoms with Crippen LogP contribution in [0.2, 0.25) is 0 Å². The van der Waals surface area contributed by atoms with Crippen molar-refractivity contribution in [2.75, 3.05) is 7.11 Å². The van der Waals surface area contributed by atoms with E-state index in [2.05, 4.69) is 5.32 Å². The Hall–Kier alpha value is -2.82. The molecule has 2 amide bonds. The van der Waals surface area contributed by atoms with E-state index in [1.54, 1.807) is 18.9 Å². The van der Waals surface area contributed by atoms with E-state index in [-0.39, 0.29) is 23.8 Å². The lowest BCUT2D eigenvalue weighted by atomic mass is 10.1. The first-order valence-electron chi connectivity index (χ1n) is 9.48. The van der Waals surface area contributed by atoms with Crippen LogP contribution in [-0.4, -0.2) is 35.4 Å². The van der Waals surface area contributed by atoms with Crippen LogP contribution in [0.4, 0.5) is 0 Å². The maximum absolute atomic E-state index is 13.1. The topological polar surface area (TPSA) is 58.6 Å². The summed E-state index contributed by atoms with van der Waals surface area (Å²) in [6.45, 7) is 7.88. The SMILES string of the molecule is COc1cccc(CN(C(=O)Cc2ccccc2)C(C)C(=O)NC(C)(C)C)c1. The molecule has 1 N–H and O–H groups in total. The fraction of sp³-hybridized carbons (Fsp3) is 0.391. The molecule has 1 atom stereocenters. The normalized spacial score (nSPS) is 12.2. The molecule has 0 radical (unpaired) electrons. The van der Waals surface area contributed by atoms with Gasteiger partial charge in [0, 0.05) is 12.1 Å². The lowest BCUT2D eigenvalue weighted by Gasteiger charge is -2.31. The molecule has 0 heterocycles. The van der Waals surface area contributed by atoms with Gasteiger partial charge in [-0.05, 0) is 51.0 Å². The van der Waals surface area contributed by atoms with E-state index in [9.17, 15) is 9.59 Å². The third-order valence-electron chi connectivity index (χ3n) is 4.35. The lowest BCUT2D eigenvalue weighted by Crippen LogP contribution is -2.52. The van der Waals surface area contributed by atoms with Gasteiger partial charge in [0.15, 0.2) is 0 Å². The number of rotatable bonds is 7. The van der Waals surface area contributed by atoms with Crippen LogP contribution >= 0.6 is 0 Å². The van der Waals surface area contributed by atoms with Gasteiger partial charge in [0.2, 0.25) is 11.8 Å². The minimum atomic E-state index is -0.596. The van der Waals surface area contributed by atoms with Crippen LogP contribution in [-0.2, 0) is 22.6 Å². The molecular formula is C23H30N2O3. The van der Waals surface area contributed by atoms with Crippen molar-refractivity contribution in [1.82, 2.24) is 10.2 Å². The molecule has 5 heteroatoms. The largest absolute Gasteiger partial charge is 0.497 e. The van der Waals surface area contributed by atoms with E-state index in [1.165, 1.54) is 0 Å². The molecule has 0 aliphatic rings. The summed E-state index contributed by atoms with van der Waals surface area (Å²) in [4.78, 5) is 27.5. The van der Waals surface area contributed by atoms with Crippen molar-refractivity contribution in [3.63, 3.8) is 0 Å². The molecule has 2 rings (SSSR count). The van der Waals surface area contributed by atoms with Crippen molar-refractivity contribution in [3.05, 3.63) is 65.7 Å². The summed E-state index contributed by atoms with van der Waals surface area (Å²) in [6, 6.07) is 16.5. The highest BCUT2D eigenvalue weighted by Gasteiger charge is 2.28. The van der Waals surface area contributed by atoms with Crippen LogP contribution in [0.1, 0.15) is 38.8 Å². The van der Waals surface area contributed by atoms with E-state index in [1.807, 2.05) is 75.4 Å². The summed E-state index contributed by atoms with van der Waals surface area (Å²) < 4.78 is 5.28. The second kappa shape index (κ2) is 9.40. The lowest BCUT2D eigenvalue weighted by molar-refractivity contribution is -0.140. The zero-order valence-electron chi connectivity index (χ0n) is 17.4. The maximum atomic E-state index is 13.1. The Morgan fingerprint density at radius 3 is 2.29 bits per heavy atom. The molecule has 0 aliphatic carbocycles. The molecule has 2 aromatic rings. The average Bonchev–Trinajstić information content (AvgIpc) is 2.65. The standard InChI is InChI=1S/C23H30N2O3/c1-17(22(27)24-23(2,3)4)25(16-19-12-9-13-20(14-19)28-5)21(26)15-18-10-7-6-8-11-18/h6-14,17H,15-16H2,1-5H3,(H,24,27). The van der Waals surface area contributed by atoms with Gasteiger partial charge in [0.1, 0.15) is 11.8 Å². The number of benzene rings is 2. The van der Waals surface area contributed by atoms with E-state index in [4.69, 9.17) is 4.74 Å². The molecular weight excluding hydrogens is 352 g/mol. The van der Waals surface area contributed by atoms with Crippen LogP contribution in [0.25, 0.3) is 0 Å². The Bertz CT molecular complexity index is 797. The monoisotopic (exact) mass is 382 g/mol. The zero-order valence-corrected chi connectivity index (χ0v) is 17.4. The highest BCUT2D eigenvalue weighted by Crippen LogP contribution is 2.17. The molecule has 150 valence electrons. The van der Waals surface area contributed by atoms with Gasteiger partial charge in [0.05, 0.1) is 13.5 Å². The van der Waals surface area contributed by atoms with Crippen molar-refractivity contribution in [1.29, 1.82) is 0 Å². The summed E-state index contributed by atoms with van der Waals surface area (Å²) in [5.74, 6) is 0.460. The first kappa shape index (κ1) is 21.5. The molecule has 0 saturated heterocycles. The molecule has 5 nitrogen and oxygen atoms in total. The smallest absolute Gasteiger partial charge is 0.242 e. The van der Waals surface area contributed by atoms with Crippen LogP contribution in [0.15, 0.2) is 54.6 Å². The highest BCUT2D eigenvalue weighted by atomic mass is 16.5. The maximum Gasteiger partial charge on any atom is 0.242 e. The van der Waals surface area contributed by atoms with Gasteiger partial charge < -0.3 is 15.0 Å². The van der Waals surface area contributed by atoms with Crippen molar-refractivity contribution in [2.45, 2.75) is 52.2 Å². The quantitative estimate of drug-likeness (QED) is 0.796. The summed E-state index contributed by atoms with van der Waals surface area (Å²) >= 11 is 0. The fourth-order valence-electron chi connectivity index (χ4n) is 2.90. The van der Waals surface area contributed by atoms with E-state index in [0.717, 1.165) is 16.9 Å². The summed E-state index contributed by atoms with van der Waals surface area (Å²) in [6.07, 6.45) is 0.248.